The van der Waals surface area contributed by atoms with Crippen molar-refractivity contribution in [3.05, 3.63) is 43.0 Å². The minimum atomic E-state index is -7.09. The quantitative estimate of drug-likeness (QED) is 0.182. The second kappa shape index (κ2) is 12.7. The Balaban J connectivity index is 0. The zero-order chi connectivity index (χ0) is 27.8. The highest BCUT2D eigenvalue weighted by Gasteiger charge is 2.83. The summed E-state index contributed by atoms with van der Waals surface area (Å²) in [6.45, 7) is 11.8. The number of alkyl halides is 6. The number of hydrogen-bond donors (Lipinski definition) is 2. The summed E-state index contributed by atoms with van der Waals surface area (Å²) in [5.41, 5.74) is 0.672. The zero-order valence-corrected chi connectivity index (χ0v) is 20.4. The third-order valence-electron chi connectivity index (χ3n) is 4.18. The molecule has 2 N–H and O–H groups in total. The number of benzene rings is 1. The van der Waals surface area contributed by atoms with Crippen LogP contribution in [0.2, 0.25) is 0 Å². The average molecular weight is 547 g/mol. The third kappa shape index (κ3) is 7.33. The van der Waals surface area contributed by atoms with Crippen LogP contribution in [-0.2, 0) is 20.2 Å². The SMILES string of the molecule is C=C.CCC(CC(C)C)c1ccc(OS(=O)(=O)C(F)(F)C(F)(F)C(F)(F)S(=O)(=O)O)cc1.CO. The van der Waals surface area contributed by atoms with E-state index in [1.54, 1.807) is 0 Å². The standard InChI is InChI=1S/C16H20F6O6S2.C2H4.CH4O/c1-4-11(9-10(2)3)12-5-7-13(8-6-12)28-30(26,27)16(21,22)14(17,18)15(19,20)29(23,24)25;2*1-2/h5-8,10-11H,4,9H2,1-3H3,(H,23,24,25);1-2H2;2H,1H3. The van der Waals surface area contributed by atoms with Crippen LogP contribution in [0.15, 0.2) is 37.4 Å². The van der Waals surface area contributed by atoms with Crippen LogP contribution in [-0.4, -0.2) is 50.0 Å². The number of aliphatic hydroxyl groups is 1. The van der Waals surface area contributed by atoms with Crippen molar-refractivity contribution >= 4 is 20.2 Å². The van der Waals surface area contributed by atoms with Crippen molar-refractivity contribution < 1.29 is 57.0 Å². The highest BCUT2D eigenvalue weighted by Crippen LogP contribution is 2.50. The maximum Gasteiger partial charge on any atom is 0.450 e. The first-order valence-electron chi connectivity index (χ1n) is 9.41. The zero-order valence-electron chi connectivity index (χ0n) is 18.8. The van der Waals surface area contributed by atoms with E-state index >= 15 is 0 Å². The summed E-state index contributed by atoms with van der Waals surface area (Å²) >= 11 is 0. The molecular weight excluding hydrogens is 518 g/mol. The van der Waals surface area contributed by atoms with E-state index in [-0.39, 0.29) is 5.92 Å². The lowest BCUT2D eigenvalue weighted by Gasteiger charge is -2.29. The van der Waals surface area contributed by atoms with E-state index in [1.807, 2.05) is 20.8 Å². The predicted octanol–water partition coefficient (Wildman–Crippen LogP) is 5.05. The van der Waals surface area contributed by atoms with Gasteiger partial charge in [0.05, 0.1) is 0 Å². The smallest absolute Gasteiger partial charge is 0.400 e. The number of hydrogen-bond acceptors (Lipinski definition) is 6. The molecule has 0 fully saturated rings. The summed E-state index contributed by atoms with van der Waals surface area (Å²) in [7, 11) is -12.9. The summed E-state index contributed by atoms with van der Waals surface area (Å²) in [6, 6.07) is 4.32. The Morgan fingerprint density at radius 2 is 1.32 bits per heavy atom. The Morgan fingerprint density at radius 3 is 1.65 bits per heavy atom. The van der Waals surface area contributed by atoms with Crippen molar-refractivity contribution in [2.45, 2.75) is 56.0 Å². The predicted molar refractivity (Wildman–Crippen MR) is 114 cm³/mol. The number of halogens is 6. The maximum absolute atomic E-state index is 13.8. The van der Waals surface area contributed by atoms with Crippen molar-refractivity contribution in [1.29, 1.82) is 0 Å². The van der Waals surface area contributed by atoms with Crippen LogP contribution in [0.5, 0.6) is 5.75 Å². The molecule has 1 aromatic rings. The molecule has 0 saturated heterocycles. The molecule has 0 radical (unpaired) electrons. The molecule has 0 aliphatic carbocycles. The minimum absolute atomic E-state index is 0.0230. The van der Waals surface area contributed by atoms with Crippen LogP contribution in [0.3, 0.4) is 0 Å². The molecule has 0 aliphatic rings. The van der Waals surface area contributed by atoms with Gasteiger partial charge in [0, 0.05) is 7.11 Å². The molecule has 34 heavy (non-hydrogen) atoms. The second-order valence-corrected chi connectivity index (χ2v) is 9.97. The molecule has 0 aliphatic heterocycles. The summed E-state index contributed by atoms with van der Waals surface area (Å²) < 4.78 is 137. The van der Waals surface area contributed by atoms with Gasteiger partial charge in [-0.1, -0.05) is 32.9 Å². The molecule has 15 heteroatoms. The number of aliphatic hydroxyl groups excluding tert-OH is 1. The summed E-state index contributed by atoms with van der Waals surface area (Å²) in [5, 5.41) is -6.52. The van der Waals surface area contributed by atoms with E-state index in [0.717, 1.165) is 25.7 Å². The van der Waals surface area contributed by atoms with E-state index in [9.17, 15) is 43.2 Å². The highest BCUT2D eigenvalue weighted by atomic mass is 32.2. The lowest BCUT2D eigenvalue weighted by molar-refractivity contribution is -0.247. The molecule has 1 atom stereocenters. The molecule has 0 amide bonds. The van der Waals surface area contributed by atoms with Crippen LogP contribution in [0, 0.1) is 5.92 Å². The molecule has 7 nitrogen and oxygen atoms in total. The summed E-state index contributed by atoms with van der Waals surface area (Å²) in [4.78, 5) is 0. The van der Waals surface area contributed by atoms with Gasteiger partial charge in [-0.3, -0.25) is 4.55 Å². The first-order valence-corrected chi connectivity index (χ1v) is 12.3. The fourth-order valence-electron chi connectivity index (χ4n) is 2.57. The van der Waals surface area contributed by atoms with Crippen molar-refractivity contribution in [1.82, 2.24) is 0 Å². The van der Waals surface area contributed by atoms with E-state index in [4.69, 9.17) is 9.66 Å². The van der Waals surface area contributed by atoms with Gasteiger partial charge in [0.25, 0.3) is 0 Å². The van der Waals surface area contributed by atoms with Crippen LogP contribution in [0.25, 0.3) is 0 Å². The molecule has 0 bridgehead atoms. The van der Waals surface area contributed by atoms with E-state index < -0.39 is 42.4 Å². The van der Waals surface area contributed by atoms with Crippen molar-refractivity contribution in [2.24, 2.45) is 5.92 Å². The Hall–Kier alpha value is -1.84. The van der Waals surface area contributed by atoms with E-state index in [2.05, 4.69) is 17.3 Å². The lowest BCUT2D eigenvalue weighted by Crippen LogP contribution is -2.61. The van der Waals surface area contributed by atoms with Gasteiger partial charge < -0.3 is 9.29 Å². The van der Waals surface area contributed by atoms with Gasteiger partial charge in [0.2, 0.25) is 0 Å². The first-order chi connectivity index (χ1) is 15.3. The summed E-state index contributed by atoms with van der Waals surface area (Å²) in [5.74, 6) is -7.60. The molecular formula is C19H28F6O7S2. The molecule has 1 rings (SSSR count). The van der Waals surface area contributed by atoms with E-state index in [0.29, 0.717) is 17.9 Å². The Morgan fingerprint density at radius 1 is 0.912 bits per heavy atom. The van der Waals surface area contributed by atoms with Gasteiger partial charge in [0.15, 0.2) is 0 Å². The van der Waals surface area contributed by atoms with Crippen molar-refractivity contribution in [3.63, 3.8) is 0 Å². The number of rotatable bonds is 10. The fourth-order valence-corrected chi connectivity index (χ4v) is 4.00. The van der Waals surface area contributed by atoms with Crippen LogP contribution < -0.4 is 4.18 Å². The van der Waals surface area contributed by atoms with Gasteiger partial charge >= 0.3 is 36.7 Å². The van der Waals surface area contributed by atoms with E-state index in [1.165, 1.54) is 12.1 Å². The largest absolute Gasteiger partial charge is 0.450 e. The molecule has 0 spiro atoms. The first kappa shape index (κ1) is 34.3. The van der Waals surface area contributed by atoms with Gasteiger partial charge in [-0.05, 0) is 42.4 Å². The van der Waals surface area contributed by atoms with Gasteiger partial charge in [-0.15, -0.1) is 13.2 Å². The maximum atomic E-state index is 13.8. The van der Waals surface area contributed by atoms with Gasteiger partial charge in [-0.25, -0.2) is 0 Å². The van der Waals surface area contributed by atoms with Crippen LogP contribution in [0.4, 0.5) is 26.3 Å². The summed E-state index contributed by atoms with van der Waals surface area (Å²) in [6.07, 6.45) is 1.43. The average Bonchev–Trinajstić information content (AvgIpc) is 2.74. The van der Waals surface area contributed by atoms with Crippen LogP contribution in [0.1, 0.15) is 45.1 Å². The highest BCUT2D eigenvalue weighted by molar-refractivity contribution is 7.88. The Bertz CT molecular complexity index is 963. The molecule has 0 saturated carbocycles. The molecule has 1 aromatic carbocycles. The van der Waals surface area contributed by atoms with Crippen molar-refractivity contribution in [2.75, 3.05) is 7.11 Å². The molecule has 1 unspecified atom stereocenters. The third-order valence-corrected chi connectivity index (χ3v) is 6.38. The minimum Gasteiger partial charge on any atom is -0.400 e. The van der Waals surface area contributed by atoms with Gasteiger partial charge in [-0.2, -0.15) is 43.2 Å². The Kier molecular flexibility index (Phi) is 12.9. The monoisotopic (exact) mass is 546 g/mol. The topological polar surface area (TPSA) is 118 Å². The molecule has 0 heterocycles. The molecule has 0 aromatic heterocycles. The van der Waals surface area contributed by atoms with Crippen LogP contribution >= 0.6 is 0 Å². The fraction of sp³-hybridized carbons (Fsp3) is 0.579. The van der Waals surface area contributed by atoms with Crippen molar-refractivity contribution in [3.8, 4) is 5.75 Å². The molecule has 200 valence electrons. The van der Waals surface area contributed by atoms with Gasteiger partial charge in [0.1, 0.15) is 5.75 Å². The lowest BCUT2D eigenvalue weighted by atomic mass is 9.88. The second-order valence-electron chi connectivity index (χ2n) is 6.92. The normalized spacial score (nSPS) is 13.8. The Labute approximate surface area is 195 Å².